The molecule has 0 saturated heterocycles. The Morgan fingerprint density at radius 3 is 2.38 bits per heavy atom. The third kappa shape index (κ3) is 1.64. The molecule has 1 fully saturated rings. The Morgan fingerprint density at radius 1 is 1.23 bits per heavy atom. The standard InChI is InChI=1S/C12H14O/c13-9-12(11-7-4-8-11)10-5-2-1-3-6-10/h1-3,5-6,9,11-12H,4,7-8H2. The molecule has 68 valence electrons. The lowest BCUT2D eigenvalue weighted by Gasteiger charge is -2.30. The molecule has 1 atom stereocenters. The Hall–Kier alpha value is -1.11. The first-order valence-corrected chi connectivity index (χ1v) is 4.92. The van der Waals surface area contributed by atoms with E-state index in [0.717, 1.165) is 6.29 Å². The molecule has 0 amide bonds. The zero-order valence-corrected chi connectivity index (χ0v) is 7.65. The van der Waals surface area contributed by atoms with Gasteiger partial charge >= 0.3 is 0 Å². The van der Waals surface area contributed by atoms with Gasteiger partial charge in [0.2, 0.25) is 0 Å². The van der Waals surface area contributed by atoms with Gasteiger partial charge in [0.05, 0.1) is 0 Å². The topological polar surface area (TPSA) is 17.1 Å². The van der Waals surface area contributed by atoms with Crippen LogP contribution in [-0.2, 0) is 4.79 Å². The van der Waals surface area contributed by atoms with E-state index in [1.807, 2.05) is 18.2 Å². The Kier molecular flexibility index (Phi) is 2.44. The minimum absolute atomic E-state index is 0.148. The molecule has 13 heavy (non-hydrogen) atoms. The lowest BCUT2D eigenvalue weighted by atomic mass is 9.74. The molecule has 1 aliphatic carbocycles. The summed E-state index contributed by atoms with van der Waals surface area (Å²) in [6, 6.07) is 10.1. The van der Waals surface area contributed by atoms with E-state index in [1.165, 1.54) is 24.8 Å². The van der Waals surface area contributed by atoms with Gasteiger partial charge in [-0.3, -0.25) is 0 Å². The second-order valence-electron chi connectivity index (χ2n) is 3.76. The number of hydrogen-bond acceptors (Lipinski definition) is 1. The van der Waals surface area contributed by atoms with Crippen molar-refractivity contribution >= 4 is 6.29 Å². The predicted octanol–water partition coefficient (Wildman–Crippen LogP) is 2.77. The van der Waals surface area contributed by atoms with Crippen molar-refractivity contribution < 1.29 is 4.79 Å². The van der Waals surface area contributed by atoms with Crippen molar-refractivity contribution in [2.75, 3.05) is 0 Å². The van der Waals surface area contributed by atoms with Crippen LogP contribution in [0.1, 0.15) is 30.7 Å². The molecule has 0 aliphatic heterocycles. The van der Waals surface area contributed by atoms with Crippen LogP contribution in [0.2, 0.25) is 0 Å². The van der Waals surface area contributed by atoms with E-state index in [0.29, 0.717) is 5.92 Å². The quantitative estimate of drug-likeness (QED) is 0.644. The number of benzene rings is 1. The van der Waals surface area contributed by atoms with E-state index in [2.05, 4.69) is 12.1 Å². The van der Waals surface area contributed by atoms with Gasteiger partial charge in [-0.15, -0.1) is 0 Å². The molecular weight excluding hydrogens is 160 g/mol. The molecule has 0 heterocycles. The molecule has 0 aromatic heterocycles. The van der Waals surface area contributed by atoms with E-state index < -0.39 is 0 Å². The summed E-state index contributed by atoms with van der Waals surface area (Å²) in [5.41, 5.74) is 1.18. The van der Waals surface area contributed by atoms with Crippen LogP contribution in [0.25, 0.3) is 0 Å². The van der Waals surface area contributed by atoms with Crippen molar-refractivity contribution in [1.29, 1.82) is 0 Å². The van der Waals surface area contributed by atoms with Gasteiger partial charge in [-0.05, 0) is 24.3 Å². The summed E-state index contributed by atoms with van der Waals surface area (Å²) in [6.45, 7) is 0. The molecule has 1 aromatic carbocycles. The minimum atomic E-state index is 0.148. The zero-order chi connectivity index (χ0) is 9.10. The van der Waals surface area contributed by atoms with Gasteiger partial charge < -0.3 is 4.79 Å². The highest BCUT2D eigenvalue weighted by Crippen LogP contribution is 2.37. The lowest BCUT2D eigenvalue weighted by Crippen LogP contribution is -2.21. The number of carbonyl (C=O) groups is 1. The molecule has 2 rings (SSSR count). The molecule has 1 nitrogen and oxygen atoms in total. The molecule has 1 aromatic rings. The summed E-state index contributed by atoms with van der Waals surface area (Å²) < 4.78 is 0. The predicted molar refractivity (Wildman–Crippen MR) is 52.6 cm³/mol. The largest absolute Gasteiger partial charge is 0.303 e. The first-order valence-electron chi connectivity index (χ1n) is 4.92. The monoisotopic (exact) mass is 174 g/mol. The van der Waals surface area contributed by atoms with Crippen LogP contribution in [0.4, 0.5) is 0 Å². The number of aldehydes is 1. The van der Waals surface area contributed by atoms with Crippen LogP contribution in [0.3, 0.4) is 0 Å². The normalized spacial score (nSPS) is 19.1. The van der Waals surface area contributed by atoms with Crippen LogP contribution in [0.5, 0.6) is 0 Å². The van der Waals surface area contributed by atoms with Crippen LogP contribution < -0.4 is 0 Å². The fourth-order valence-electron chi connectivity index (χ4n) is 1.94. The third-order valence-electron chi connectivity index (χ3n) is 2.99. The van der Waals surface area contributed by atoms with E-state index in [4.69, 9.17) is 0 Å². The van der Waals surface area contributed by atoms with Gasteiger partial charge in [-0.25, -0.2) is 0 Å². The highest BCUT2D eigenvalue weighted by molar-refractivity contribution is 5.62. The second-order valence-corrected chi connectivity index (χ2v) is 3.76. The van der Waals surface area contributed by atoms with E-state index >= 15 is 0 Å². The SMILES string of the molecule is O=CC(c1ccccc1)C1CCC1. The molecule has 0 spiro atoms. The van der Waals surface area contributed by atoms with Crippen LogP contribution in [0.15, 0.2) is 30.3 Å². The maximum absolute atomic E-state index is 10.9. The van der Waals surface area contributed by atoms with Gasteiger partial charge in [-0.2, -0.15) is 0 Å². The fourth-order valence-corrected chi connectivity index (χ4v) is 1.94. The summed E-state index contributed by atoms with van der Waals surface area (Å²) >= 11 is 0. The maximum Gasteiger partial charge on any atom is 0.127 e. The van der Waals surface area contributed by atoms with Crippen molar-refractivity contribution in [2.24, 2.45) is 5.92 Å². The number of rotatable bonds is 3. The van der Waals surface area contributed by atoms with Gasteiger partial charge in [-0.1, -0.05) is 36.8 Å². The smallest absolute Gasteiger partial charge is 0.127 e. The maximum atomic E-state index is 10.9. The molecule has 1 heteroatoms. The zero-order valence-electron chi connectivity index (χ0n) is 7.65. The van der Waals surface area contributed by atoms with Crippen LogP contribution in [0, 0.1) is 5.92 Å². The van der Waals surface area contributed by atoms with Gasteiger partial charge in [0.25, 0.3) is 0 Å². The summed E-state index contributed by atoms with van der Waals surface area (Å²) in [5.74, 6) is 0.759. The minimum Gasteiger partial charge on any atom is -0.303 e. The van der Waals surface area contributed by atoms with Crippen molar-refractivity contribution in [3.63, 3.8) is 0 Å². The molecule has 1 saturated carbocycles. The van der Waals surface area contributed by atoms with Crippen LogP contribution in [-0.4, -0.2) is 6.29 Å². The van der Waals surface area contributed by atoms with E-state index in [-0.39, 0.29) is 5.92 Å². The Balaban J connectivity index is 2.16. The molecule has 1 aliphatic rings. The molecule has 1 unspecified atom stereocenters. The average molecular weight is 174 g/mol. The third-order valence-corrected chi connectivity index (χ3v) is 2.99. The van der Waals surface area contributed by atoms with E-state index in [1.54, 1.807) is 0 Å². The molecule has 0 radical (unpaired) electrons. The lowest BCUT2D eigenvalue weighted by molar-refractivity contribution is -0.110. The summed E-state index contributed by atoms with van der Waals surface area (Å²) in [7, 11) is 0. The Bertz CT molecular complexity index is 274. The van der Waals surface area contributed by atoms with Gasteiger partial charge in [0.15, 0.2) is 0 Å². The molecule has 0 bridgehead atoms. The van der Waals surface area contributed by atoms with E-state index in [9.17, 15) is 4.79 Å². The summed E-state index contributed by atoms with van der Waals surface area (Å²) in [6.07, 6.45) is 4.84. The highest BCUT2D eigenvalue weighted by Gasteiger charge is 2.27. The highest BCUT2D eigenvalue weighted by atomic mass is 16.1. The van der Waals surface area contributed by atoms with Gasteiger partial charge in [0.1, 0.15) is 6.29 Å². The first kappa shape index (κ1) is 8.49. The fraction of sp³-hybridized carbons (Fsp3) is 0.417. The Labute approximate surface area is 78.8 Å². The second kappa shape index (κ2) is 3.73. The van der Waals surface area contributed by atoms with Crippen molar-refractivity contribution in [2.45, 2.75) is 25.2 Å². The summed E-state index contributed by atoms with van der Waals surface area (Å²) in [4.78, 5) is 10.9. The van der Waals surface area contributed by atoms with Gasteiger partial charge in [0, 0.05) is 5.92 Å². The van der Waals surface area contributed by atoms with Crippen molar-refractivity contribution in [3.05, 3.63) is 35.9 Å². The Morgan fingerprint density at radius 2 is 1.92 bits per heavy atom. The molecular formula is C12H14O. The first-order chi connectivity index (χ1) is 6.42. The van der Waals surface area contributed by atoms with Crippen molar-refractivity contribution in [1.82, 2.24) is 0 Å². The number of hydrogen-bond donors (Lipinski definition) is 0. The number of carbonyl (C=O) groups excluding carboxylic acids is 1. The average Bonchev–Trinajstić information content (AvgIpc) is 2.12. The van der Waals surface area contributed by atoms with Crippen molar-refractivity contribution in [3.8, 4) is 0 Å². The van der Waals surface area contributed by atoms with Crippen LogP contribution >= 0.6 is 0 Å². The molecule has 0 N–H and O–H groups in total. The summed E-state index contributed by atoms with van der Waals surface area (Å²) in [5, 5.41) is 0.